The van der Waals surface area contributed by atoms with Crippen LogP contribution < -0.4 is 5.73 Å². The van der Waals surface area contributed by atoms with E-state index in [1.54, 1.807) is 18.0 Å². The zero-order valence-corrected chi connectivity index (χ0v) is 11.6. The van der Waals surface area contributed by atoms with Gasteiger partial charge in [-0.05, 0) is 35.7 Å². The van der Waals surface area contributed by atoms with E-state index in [0.717, 1.165) is 10.6 Å². The lowest BCUT2D eigenvalue weighted by Gasteiger charge is -2.08. The van der Waals surface area contributed by atoms with Crippen LogP contribution in [0.4, 0.5) is 0 Å². The third kappa shape index (κ3) is 3.12. The lowest BCUT2D eigenvalue weighted by molar-refractivity contribution is 0.865. The predicted molar refractivity (Wildman–Crippen MR) is 76.8 cm³/mol. The molecule has 0 atom stereocenters. The van der Waals surface area contributed by atoms with E-state index in [0.29, 0.717) is 12.5 Å². The molecule has 2 rings (SSSR count). The Morgan fingerprint density at radius 3 is 2.50 bits per heavy atom. The Kier molecular flexibility index (Phi) is 4.39. The summed E-state index contributed by atoms with van der Waals surface area (Å²) >= 11 is 1.72. The number of nitrogens with zero attached hydrogens (tertiary/aromatic N) is 1. The molecular formula is C15H18N2S. The van der Waals surface area contributed by atoms with Crippen molar-refractivity contribution in [2.45, 2.75) is 36.1 Å². The van der Waals surface area contributed by atoms with E-state index >= 15 is 0 Å². The molecule has 0 aliphatic rings. The van der Waals surface area contributed by atoms with Crippen LogP contribution in [0.1, 0.15) is 31.0 Å². The highest BCUT2D eigenvalue weighted by Gasteiger charge is 2.04. The fourth-order valence-electron chi connectivity index (χ4n) is 1.72. The van der Waals surface area contributed by atoms with Crippen molar-refractivity contribution in [1.29, 1.82) is 0 Å². The summed E-state index contributed by atoms with van der Waals surface area (Å²) < 4.78 is 0. The summed E-state index contributed by atoms with van der Waals surface area (Å²) in [6.45, 7) is 4.89. The first-order valence-electron chi connectivity index (χ1n) is 6.12. The van der Waals surface area contributed by atoms with Crippen molar-refractivity contribution in [2.24, 2.45) is 5.73 Å². The molecule has 0 radical (unpaired) electrons. The van der Waals surface area contributed by atoms with Crippen LogP contribution in [0, 0.1) is 0 Å². The van der Waals surface area contributed by atoms with Crippen molar-refractivity contribution in [3.63, 3.8) is 0 Å². The van der Waals surface area contributed by atoms with Crippen LogP contribution in [0.5, 0.6) is 0 Å². The molecule has 18 heavy (non-hydrogen) atoms. The Morgan fingerprint density at radius 2 is 1.89 bits per heavy atom. The summed E-state index contributed by atoms with van der Waals surface area (Å²) in [5, 5.41) is 0. The Bertz CT molecular complexity index is 506. The van der Waals surface area contributed by atoms with Gasteiger partial charge in [0.2, 0.25) is 0 Å². The quantitative estimate of drug-likeness (QED) is 0.906. The van der Waals surface area contributed by atoms with Crippen LogP contribution in [0.2, 0.25) is 0 Å². The third-order valence-corrected chi connectivity index (χ3v) is 3.92. The second kappa shape index (κ2) is 6.03. The molecule has 0 bridgehead atoms. The minimum Gasteiger partial charge on any atom is -0.325 e. The average Bonchev–Trinajstić information content (AvgIpc) is 2.40. The van der Waals surface area contributed by atoms with E-state index in [1.807, 2.05) is 6.07 Å². The Balaban J connectivity index is 2.18. The molecule has 0 saturated carbocycles. The van der Waals surface area contributed by atoms with Crippen molar-refractivity contribution in [2.75, 3.05) is 0 Å². The molecule has 2 N–H and O–H groups in total. The van der Waals surface area contributed by atoms with Gasteiger partial charge in [0.15, 0.2) is 0 Å². The minimum atomic E-state index is 0.479. The predicted octanol–water partition coefficient (Wildman–Crippen LogP) is 3.81. The van der Waals surface area contributed by atoms with Gasteiger partial charge in [0.25, 0.3) is 0 Å². The average molecular weight is 258 g/mol. The summed E-state index contributed by atoms with van der Waals surface area (Å²) in [6, 6.07) is 12.7. The van der Waals surface area contributed by atoms with Crippen molar-refractivity contribution in [1.82, 2.24) is 4.98 Å². The molecule has 1 aromatic carbocycles. The number of nitrogens with two attached hydrogens (primary N) is 1. The van der Waals surface area contributed by atoms with Gasteiger partial charge in [-0.3, -0.25) is 4.98 Å². The van der Waals surface area contributed by atoms with E-state index in [9.17, 15) is 0 Å². The summed E-state index contributed by atoms with van der Waals surface area (Å²) in [6.07, 6.45) is 1.79. The molecule has 0 spiro atoms. The van der Waals surface area contributed by atoms with E-state index in [2.05, 4.69) is 49.2 Å². The van der Waals surface area contributed by atoms with Gasteiger partial charge >= 0.3 is 0 Å². The molecule has 0 saturated heterocycles. The topological polar surface area (TPSA) is 38.9 Å². The van der Waals surface area contributed by atoms with Gasteiger partial charge in [-0.1, -0.05) is 37.7 Å². The maximum absolute atomic E-state index is 5.69. The summed E-state index contributed by atoms with van der Waals surface area (Å²) in [4.78, 5) is 6.65. The van der Waals surface area contributed by atoms with Crippen LogP contribution in [0.25, 0.3) is 0 Å². The van der Waals surface area contributed by atoms with Crippen molar-refractivity contribution in [3.8, 4) is 0 Å². The SMILES string of the molecule is CC(C)c1ccc(Sc2cccnc2CN)cc1. The highest BCUT2D eigenvalue weighted by Crippen LogP contribution is 2.30. The zero-order chi connectivity index (χ0) is 13.0. The molecule has 2 nitrogen and oxygen atoms in total. The van der Waals surface area contributed by atoms with Crippen LogP contribution in [-0.2, 0) is 6.54 Å². The van der Waals surface area contributed by atoms with Gasteiger partial charge in [0, 0.05) is 22.5 Å². The first-order chi connectivity index (χ1) is 8.70. The van der Waals surface area contributed by atoms with Crippen molar-refractivity contribution < 1.29 is 0 Å². The summed E-state index contributed by atoms with van der Waals surface area (Å²) in [7, 11) is 0. The maximum atomic E-state index is 5.69. The van der Waals surface area contributed by atoms with Crippen LogP contribution in [0.3, 0.4) is 0 Å². The normalized spacial score (nSPS) is 10.9. The molecule has 3 heteroatoms. The smallest absolute Gasteiger partial charge is 0.0678 e. The van der Waals surface area contributed by atoms with E-state index in [1.165, 1.54) is 10.5 Å². The Morgan fingerprint density at radius 1 is 1.17 bits per heavy atom. The van der Waals surface area contributed by atoms with Gasteiger partial charge in [-0.25, -0.2) is 0 Å². The molecule has 1 heterocycles. The second-order valence-corrected chi connectivity index (χ2v) is 5.59. The monoisotopic (exact) mass is 258 g/mol. The highest BCUT2D eigenvalue weighted by atomic mass is 32.2. The second-order valence-electron chi connectivity index (χ2n) is 4.48. The van der Waals surface area contributed by atoms with Gasteiger partial charge < -0.3 is 5.73 Å². The van der Waals surface area contributed by atoms with Crippen LogP contribution in [-0.4, -0.2) is 4.98 Å². The minimum absolute atomic E-state index is 0.479. The number of hydrogen-bond acceptors (Lipinski definition) is 3. The fourth-order valence-corrected chi connectivity index (χ4v) is 2.64. The van der Waals surface area contributed by atoms with Gasteiger partial charge in [0.1, 0.15) is 0 Å². The van der Waals surface area contributed by atoms with Gasteiger partial charge in [-0.15, -0.1) is 0 Å². The third-order valence-electron chi connectivity index (χ3n) is 2.82. The van der Waals surface area contributed by atoms with Crippen LogP contribution in [0.15, 0.2) is 52.4 Å². The molecule has 0 unspecified atom stereocenters. The molecule has 0 aliphatic heterocycles. The molecule has 0 aliphatic carbocycles. The first kappa shape index (κ1) is 13.1. The lowest BCUT2D eigenvalue weighted by Crippen LogP contribution is -2.00. The van der Waals surface area contributed by atoms with Gasteiger partial charge in [0.05, 0.1) is 5.69 Å². The highest BCUT2D eigenvalue weighted by molar-refractivity contribution is 7.99. The summed E-state index contributed by atoms with van der Waals surface area (Å²) in [5.74, 6) is 0.571. The number of aromatic nitrogens is 1. The summed E-state index contributed by atoms with van der Waals surface area (Å²) in [5.41, 5.74) is 8.01. The molecular weight excluding hydrogens is 240 g/mol. The fraction of sp³-hybridized carbons (Fsp3) is 0.267. The largest absolute Gasteiger partial charge is 0.325 e. The standard InChI is InChI=1S/C15H18N2S/c1-11(2)12-5-7-13(8-6-12)18-15-4-3-9-17-14(15)10-16/h3-9,11H,10,16H2,1-2H3. The van der Waals surface area contributed by atoms with Crippen molar-refractivity contribution >= 4 is 11.8 Å². The van der Waals surface area contributed by atoms with E-state index < -0.39 is 0 Å². The van der Waals surface area contributed by atoms with Crippen molar-refractivity contribution in [3.05, 3.63) is 53.9 Å². The molecule has 0 amide bonds. The zero-order valence-electron chi connectivity index (χ0n) is 10.8. The Hall–Kier alpha value is -1.32. The van der Waals surface area contributed by atoms with E-state index in [4.69, 9.17) is 5.73 Å². The molecule has 94 valence electrons. The Labute approximate surface area is 113 Å². The maximum Gasteiger partial charge on any atom is 0.0678 e. The molecule has 1 aromatic heterocycles. The number of benzene rings is 1. The number of pyridine rings is 1. The molecule has 0 fully saturated rings. The number of rotatable bonds is 4. The van der Waals surface area contributed by atoms with E-state index in [-0.39, 0.29) is 0 Å². The van der Waals surface area contributed by atoms with Crippen LogP contribution >= 0.6 is 11.8 Å². The lowest BCUT2D eigenvalue weighted by atomic mass is 10.0. The molecule has 2 aromatic rings. The van der Waals surface area contributed by atoms with Gasteiger partial charge in [-0.2, -0.15) is 0 Å². The number of hydrogen-bond donors (Lipinski definition) is 1. The first-order valence-corrected chi connectivity index (χ1v) is 6.94.